The van der Waals surface area contributed by atoms with E-state index in [1.54, 1.807) is 5.01 Å². The van der Waals surface area contributed by atoms with E-state index in [0.29, 0.717) is 23.2 Å². The highest BCUT2D eigenvalue weighted by molar-refractivity contribution is 8.13. The molecular weight excluding hydrogens is 492 g/mol. The first kappa shape index (κ1) is 24.2. The van der Waals surface area contributed by atoms with Crippen molar-refractivity contribution in [3.63, 3.8) is 0 Å². The van der Waals surface area contributed by atoms with Crippen LogP contribution >= 0.6 is 11.8 Å². The molecule has 4 aromatic carbocycles. The molecule has 2 aliphatic rings. The van der Waals surface area contributed by atoms with E-state index >= 15 is 0 Å². The predicted molar refractivity (Wildman–Crippen MR) is 153 cm³/mol. The molecule has 2 aliphatic heterocycles. The van der Waals surface area contributed by atoms with Crippen LogP contribution in [-0.4, -0.2) is 22.7 Å². The summed E-state index contributed by atoms with van der Waals surface area (Å²) in [4.78, 5) is 18.7. The summed E-state index contributed by atoms with van der Waals surface area (Å²) in [7, 11) is 0. The molecule has 0 unspecified atom stereocenters. The number of carbonyl (C=O) groups excluding carboxylic acids is 1. The van der Waals surface area contributed by atoms with Gasteiger partial charge in [-0.1, -0.05) is 97.0 Å². The Morgan fingerprint density at radius 2 is 1.76 bits per heavy atom. The Morgan fingerprint density at radius 3 is 2.61 bits per heavy atom. The van der Waals surface area contributed by atoms with Crippen LogP contribution in [-0.2, 0) is 10.5 Å². The normalized spacial score (nSPS) is 16.3. The molecule has 0 radical (unpaired) electrons. The van der Waals surface area contributed by atoms with Crippen molar-refractivity contribution in [2.45, 2.75) is 32.2 Å². The van der Waals surface area contributed by atoms with Crippen LogP contribution in [0.25, 0.3) is 16.5 Å². The zero-order chi connectivity index (χ0) is 26.1. The number of benzene rings is 4. The van der Waals surface area contributed by atoms with Gasteiger partial charge in [-0.3, -0.25) is 15.1 Å². The van der Waals surface area contributed by atoms with Gasteiger partial charge in [0, 0.05) is 16.5 Å². The average Bonchev–Trinajstić information content (AvgIpc) is 2.95. The maximum absolute atomic E-state index is 13.6. The number of rotatable bonds is 6. The molecule has 0 bridgehead atoms. The number of fused-ring (bicyclic) bond motifs is 3. The number of hydrazone groups is 1. The maximum Gasteiger partial charge on any atom is 0.276 e. The van der Waals surface area contributed by atoms with Gasteiger partial charge in [-0.2, -0.15) is 0 Å². The third kappa shape index (κ3) is 4.54. The molecule has 1 amide bonds. The van der Waals surface area contributed by atoms with E-state index in [0.717, 1.165) is 39.1 Å². The van der Waals surface area contributed by atoms with Gasteiger partial charge in [0.05, 0.1) is 12.0 Å². The smallest absolute Gasteiger partial charge is 0.276 e. The van der Waals surface area contributed by atoms with Gasteiger partial charge in [0.15, 0.2) is 11.3 Å². The average molecular weight is 521 g/mol. The van der Waals surface area contributed by atoms with Crippen molar-refractivity contribution in [3.05, 3.63) is 112 Å². The number of aryl methyl sites for hydroxylation is 1. The van der Waals surface area contributed by atoms with Gasteiger partial charge < -0.3 is 4.74 Å². The molecular formula is C31H28N4O2S. The standard InChI is InChI=1S/C31H28N4O2S/c1-3-18-37-26-17-16-22-8-4-5-9-23(22)27(26)29-32-25-11-7-6-10-24(25)28-30(36)33-31(34-35(28)29)38-19-21-14-12-20(2)13-15-21/h4-17,29H,3,18-19H2,1-2H3,(H,33,34,36)/t29-/m0/s1. The summed E-state index contributed by atoms with van der Waals surface area (Å²) in [6.45, 7) is 4.75. The summed E-state index contributed by atoms with van der Waals surface area (Å²) < 4.78 is 6.23. The lowest BCUT2D eigenvalue weighted by molar-refractivity contribution is -0.116. The first-order valence-corrected chi connectivity index (χ1v) is 13.8. The van der Waals surface area contributed by atoms with Crippen LogP contribution < -0.4 is 20.6 Å². The Morgan fingerprint density at radius 1 is 0.974 bits per heavy atom. The van der Waals surface area contributed by atoms with Crippen LogP contribution in [0.5, 0.6) is 5.75 Å². The first-order valence-electron chi connectivity index (χ1n) is 12.8. The number of amides is 1. The van der Waals surface area contributed by atoms with Crippen LogP contribution in [0.2, 0.25) is 0 Å². The Balaban J connectivity index is 1.49. The van der Waals surface area contributed by atoms with E-state index in [9.17, 15) is 4.79 Å². The topological polar surface area (TPSA) is 66.3 Å². The minimum Gasteiger partial charge on any atom is -0.493 e. The van der Waals surface area contributed by atoms with Gasteiger partial charge in [-0.05, 0) is 41.8 Å². The Bertz CT molecular complexity index is 1680. The summed E-state index contributed by atoms with van der Waals surface area (Å²) >= 11 is 1.51. The maximum atomic E-state index is 13.6. The van der Waals surface area contributed by atoms with Gasteiger partial charge in [-0.25, -0.2) is 5.01 Å². The largest absolute Gasteiger partial charge is 0.493 e. The lowest BCUT2D eigenvalue weighted by atomic mass is 9.99. The Hall–Kier alpha value is -4.10. The highest BCUT2D eigenvalue weighted by Gasteiger charge is 2.36. The number of para-hydroxylation sites is 1. The van der Waals surface area contributed by atoms with E-state index in [-0.39, 0.29) is 5.91 Å². The molecule has 1 N–H and O–H groups in total. The fourth-order valence-corrected chi connectivity index (χ4v) is 5.60. The SMILES string of the molecule is CCCOc1ccc2ccccc2c1[C@H]1N=c2ccccc2=C2C(=O)NC(SCc3ccc(C)cc3)=NN21. The van der Waals surface area contributed by atoms with Crippen LogP contribution in [0.15, 0.2) is 95.0 Å². The highest BCUT2D eigenvalue weighted by atomic mass is 32.2. The molecule has 2 heterocycles. The predicted octanol–water partition coefficient (Wildman–Crippen LogP) is 5.01. The highest BCUT2D eigenvalue weighted by Crippen LogP contribution is 2.40. The number of nitrogens with one attached hydrogen (secondary N) is 1. The van der Waals surface area contributed by atoms with E-state index in [2.05, 4.69) is 61.6 Å². The van der Waals surface area contributed by atoms with Crippen LogP contribution in [0.4, 0.5) is 0 Å². The zero-order valence-corrected chi connectivity index (χ0v) is 22.2. The van der Waals surface area contributed by atoms with Crippen molar-refractivity contribution in [2.75, 3.05) is 6.61 Å². The summed E-state index contributed by atoms with van der Waals surface area (Å²) in [5.41, 5.74) is 3.79. The fraction of sp³-hybridized carbons (Fsp3) is 0.194. The third-order valence-corrected chi connectivity index (χ3v) is 7.60. The number of hydrogen-bond donors (Lipinski definition) is 1. The molecule has 0 fully saturated rings. The molecule has 1 atom stereocenters. The summed E-state index contributed by atoms with van der Waals surface area (Å²) in [6, 6.07) is 28.4. The molecule has 0 aliphatic carbocycles. The molecule has 7 heteroatoms. The zero-order valence-electron chi connectivity index (χ0n) is 21.3. The molecule has 0 aromatic heterocycles. The second-order valence-electron chi connectivity index (χ2n) is 9.39. The van der Waals surface area contributed by atoms with Crippen LogP contribution in [0.1, 0.15) is 36.2 Å². The first-order chi connectivity index (χ1) is 18.6. The second-order valence-corrected chi connectivity index (χ2v) is 10.4. The monoisotopic (exact) mass is 520 g/mol. The minimum absolute atomic E-state index is 0.185. The van der Waals surface area contributed by atoms with Crippen molar-refractivity contribution < 1.29 is 9.53 Å². The Labute approximate surface area is 225 Å². The van der Waals surface area contributed by atoms with Gasteiger partial charge in [0.25, 0.3) is 5.91 Å². The summed E-state index contributed by atoms with van der Waals surface area (Å²) in [5.74, 6) is 1.27. The molecule has 0 saturated heterocycles. The minimum atomic E-state index is -0.557. The lowest BCUT2D eigenvalue weighted by Crippen LogP contribution is -2.50. The van der Waals surface area contributed by atoms with E-state index in [4.69, 9.17) is 14.8 Å². The fourth-order valence-electron chi connectivity index (χ4n) is 4.80. The van der Waals surface area contributed by atoms with E-state index in [1.807, 2.05) is 42.5 Å². The van der Waals surface area contributed by atoms with Gasteiger partial charge in [-0.15, -0.1) is 5.10 Å². The number of hydrogen-bond acceptors (Lipinski definition) is 6. The molecule has 190 valence electrons. The van der Waals surface area contributed by atoms with Crippen molar-refractivity contribution in [3.8, 4) is 5.75 Å². The van der Waals surface area contributed by atoms with Gasteiger partial charge in [0.2, 0.25) is 0 Å². The number of ether oxygens (including phenoxy) is 1. The van der Waals surface area contributed by atoms with Crippen molar-refractivity contribution in [1.29, 1.82) is 0 Å². The van der Waals surface area contributed by atoms with E-state index in [1.165, 1.54) is 22.9 Å². The molecule has 0 spiro atoms. The molecule has 38 heavy (non-hydrogen) atoms. The second kappa shape index (κ2) is 10.3. The van der Waals surface area contributed by atoms with Crippen molar-refractivity contribution in [1.82, 2.24) is 10.3 Å². The molecule has 6 nitrogen and oxygen atoms in total. The number of nitrogens with zero attached hydrogens (tertiary/aromatic N) is 3. The molecule has 6 rings (SSSR count). The lowest BCUT2D eigenvalue weighted by Gasteiger charge is -2.35. The van der Waals surface area contributed by atoms with Crippen molar-refractivity contribution in [2.24, 2.45) is 10.1 Å². The number of amidine groups is 1. The van der Waals surface area contributed by atoms with Crippen LogP contribution in [0, 0.1) is 6.92 Å². The van der Waals surface area contributed by atoms with Gasteiger partial charge in [0.1, 0.15) is 11.4 Å². The van der Waals surface area contributed by atoms with Gasteiger partial charge >= 0.3 is 0 Å². The number of carbonyl (C=O) groups is 1. The van der Waals surface area contributed by atoms with Crippen molar-refractivity contribution >= 4 is 39.3 Å². The van der Waals surface area contributed by atoms with Crippen LogP contribution in [0.3, 0.4) is 0 Å². The van der Waals surface area contributed by atoms with E-state index < -0.39 is 6.17 Å². The summed E-state index contributed by atoms with van der Waals surface area (Å²) in [5, 5.41) is 14.0. The number of thioether (sulfide) groups is 1. The summed E-state index contributed by atoms with van der Waals surface area (Å²) in [6.07, 6.45) is 0.331. The molecule has 4 aromatic rings. The molecule has 0 saturated carbocycles. The quantitative estimate of drug-likeness (QED) is 0.388. The Kier molecular flexibility index (Phi) is 6.60. The third-order valence-electron chi connectivity index (χ3n) is 6.66.